The summed E-state index contributed by atoms with van der Waals surface area (Å²) in [4.78, 5) is 21.4. The predicted octanol–water partition coefficient (Wildman–Crippen LogP) is 1.65. The molecule has 0 aromatic carbocycles. The molecular formula is C10H11NO5S2. The summed E-state index contributed by atoms with van der Waals surface area (Å²) in [5, 5.41) is 1.50. The van der Waals surface area contributed by atoms with Crippen molar-refractivity contribution >= 4 is 33.4 Å². The van der Waals surface area contributed by atoms with Gasteiger partial charge in [0.25, 0.3) is 16.1 Å². The van der Waals surface area contributed by atoms with E-state index in [9.17, 15) is 18.0 Å². The highest BCUT2D eigenvalue weighted by Gasteiger charge is 2.27. The molecule has 0 radical (unpaired) electrons. The number of thiophene rings is 1. The van der Waals surface area contributed by atoms with Gasteiger partial charge in [0.15, 0.2) is 0 Å². The maximum Gasteiger partial charge on any atom is 0.349 e. The maximum atomic E-state index is 11.7. The molecule has 1 heterocycles. The minimum absolute atomic E-state index is 0.0695. The molecule has 1 aromatic rings. The van der Waals surface area contributed by atoms with Crippen LogP contribution < -0.4 is 0 Å². The number of nitrogens with zero attached hydrogens (tertiary/aromatic N) is 1. The molecule has 0 N–H and O–H groups in total. The summed E-state index contributed by atoms with van der Waals surface area (Å²) in [5.41, 5.74) is 0.349. The lowest BCUT2D eigenvalue weighted by Crippen LogP contribution is -2.09. The molecule has 0 amide bonds. The highest BCUT2D eigenvalue weighted by atomic mass is 32.2. The summed E-state index contributed by atoms with van der Waals surface area (Å²) in [7, 11) is -4.19. The molecule has 98 valence electrons. The molecule has 8 heteroatoms. The third kappa shape index (κ3) is 3.04. The lowest BCUT2D eigenvalue weighted by molar-refractivity contribution is 0.0506. The highest BCUT2D eigenvalue weighted by Crippen LogP contribution is 2.28. The first-order valence-electron chi connectivity index (χ1n) is 5.03. The standard InChI is InChI=1S/C10H11NO5S2/c1-3-4-16-10(13)8-9(7(2)5-17-8)18(14,15)11-6-12/h5H,3-4H2,1-2H3. The van der Waals surface area contributed by atoms with Gasteiger partial charge < -0.3 is 4.74 Å². The van der Waals surface area contributed by atoms with Crippen LogP contribution in [0.2, 0.25) is 0 Å². The second kappa shape index (κ2) is 5.90. The Balaban J connectivity index is 3.25. The Hall–Kier alpha value is -1.50. The molecule has 0 spiro atoms. The summed E-state index contributed by atoms with van der Waals surface area (Å²) >= 11 is 0.944. The molecular weight excluding hydrogens is 278 g/mol. The lowest BCUT2D eigenvalue weighted by atomic mass is 10.3. The van der Waals surface area contributed by atoms with Gasteiger partial charge in [0.1, 0.15) is 9.77 Å². The fraction of sp³-hybridized carbons (Fsp3) is 0.400. The van der Waals surface area contributed by atoms with Crippen molar-refractivity contribution in [2.24, 2.45) is 4.40 Å². The van der Waals surface area contributed by atoms with Crippen LogP contribution in [0.3, 0.4) is 0 Å². The van der Waals surface area contributed by atoms with Crippen LogP contribution in [0.5, 0.6) is 0 Å². The van der Waals surface area contributed by atoms with Gasteiger partial charge in [0, 0.05) is 0 Å². The molecule has 0 bridgehead atoms. The van der Waals surface area contributed by atoms with Crippen LogP contribution in [0.1, 0.15) is 28.6 Å². The van der Waals surface area contributed by atoms with Crippen molar-refractivity contribution in [2.75, 3.05) is 6.61 Å². The average molecular weight is 289 g/mol. The zero-order valence-electron chi connectivity index (χ0n) is 9.80. The molecule has 1 aromatic heterocycles. The molecule has 0 saturated carbocycles. The summed E-state index contributed by atoms with van der Waals surface area (Å²) in [6, 6.07) is 0. The molecule has 0 aliphatic rings. The summed E-state index contributed by atoms with van der Waals surface area (Å²) in [6.07, 6.45) is 1.60. The van der Waals surface area contributed by atoms with Gasteiger partial charge in [-0.15, -0.1) is 11.3 Å². The number of hydrogen-bond acceptors (Lipinski definition) is 6. The number of carbonyl (C=O) groups excluding carboxylic acids is 2. The van der Waals surface area contributed by atoms with Crippen molar-refractivity contribution < 1.29 is 22.7 Å². The van der Waals surface area contributed by atoms with E-state index in [4.69, 9.17) is 4.74 Å². The fourth-order valence-corrected chi connectivity index (χ4v) is 3.59. The van der Waals surface area contributed by atoms with Crippen LogP contribution in [-0.2, 0) is 19.6 Å². The van der Waals surface area contributed by atoms with Crippen molar-refractivity contribution in [3.05, 3.63) is 15.8 Å². The van der Waals surface area contributed by atoms with Crippen molar-refractivity contribution in [2.45, 2.75) is 25.2 Å². The predicted molar refractivity (Wildman–Crippen MR) is 64.9 cm³/mol. The van der Waals surface area contributed by atoms with Crippen LogP contribution in [0, 0.1) is 6.92 Å². The fourth-order valence-electron chi connectivity index (χ4n) is 1.25. The molecule has 0 aliphatic heterocycles. The molecule has 18 heavy (non-hydrogen) atoms. The maximum absolute atomic E-state index is 11.7. The Bertz CT molecular complexity index is 596. The number of hydrogen-bond donors (Lipinski definition) is 0. The van der Waals surface area contributed by atoms with Crippen molar-refractivity contribution in [3.8, 4) is 0 Å². The Morgan fingerprint density at radius 1 is 1.56 bits per heavy atom. The smallest absolute Gasteiger partial charge is 0.349 e. The van der Waals surface area contributed by atoms with E-state index in [-0.39, 0.29) is 16.4 Å². The Labute approximate surface area is 108 Å². The second-order valence-corrected chi connectivity index (χ2v) is 5.79. The van der Waals surface area contributed by atoms with E-state index in [1.54, 1.807) is 0 Å². The average Bonchev–Trinajstić information content (AvgIpc) is 2.68. The SMILES string of the molecule is CCCOC(=O)c1scc(C)c1S(=O)(=O)N=C=O. The summed E-state index contributed by atoms with van der Waals surface area (Å²) < 4.78 is 31.0. The van der Waals surface area contributed by atoms with Crippen LogP contribution in [0.15, 0.2) is 14.7 Å². The van der Waals surface area contributed by atoms with E-state index < -0.39 is 16.0 Å². The number of ether oxygens (including phenoxy) is 1. The minimum Gasteiger partial charge on any atom is -0.461 e. The van der Waals surface area contributed by atoms with Gasteiger partial charge in [-0.05, 0) is 24.3 Å². The monoisotopic (exact) mass is 289 g/mol. The molecule has 0 unspecified atom stereocenters. The van der Waals surface area contributed by atoms with Crippen LogP contribution >= 0.6 is 11.3 Å². The third-order valence-corrected chi connectivity index (χ3v) is 4.52. The third-order valence-electron chi connectivity index (χ3n) is 1.96. The van der Waals surface area contributed by atoms with Gasteiger partial charge in [-0.25, -0.2) is 9.59 Å². The number of aryl methyl sites for hydroxylation is 1. The second-order valence-electron chi connectivity index (χ2n) is 3.37. The van der Waals surface area contributed by atoms with Gasteiger partial charge >= 0.3 is 5.97 Å². The Morgan fingerprint density at radius 3 is 2.78 bits per heavy atom. The minimum atomic E-state index is -4.19. The molecule has 1 rings (SSSR count). The topological polar surface area (TPSA) is 89.9 Å². The zero-order chi connectivity index (χ0) is 13.8. The van der Waals surface area contributed by atoms with Gasteiger partial charge in [-0.2, -0.15) is 8.42 Å². The summed E-state index contributed by atoms with van der Waals surface area (Å²) in [6.45, 7) is 3.54. The van der Waals surface area contributed by atoms with E-state index in [0.717, 1.165) is 17.4 Å². The van der Waals surface area contributed by atoms with E-state index >= 15 is 0 Å². The quantitative estimate of drug-likeness (QED) is 0.467. The van der Waals surface area contributed by atoms with Gasteiger partial charge in [-0.3, -0.25) is 0 Å². The molecule has 0 fully saturated rings. The Morgan fingerprint density at radius 2 is 2.22 bits per heavy atom. The molecule has 0 aliphatic carbocycles. The number of isocyanates is 1. The van der Waals surface area contributed by atoms with Crippen LogP contribution in [-0.4, -0.2) is 27.1 Å². The number of carbonyl (C=O) groups is 1. The zero-order valence-corrected chi connectivity index (χ0v) is 11.4. The number of esters is 1. The van der Waals surface area contributed by atoms with Crippen molar-refractivity contribution in [3.63, 3.8) is 0 Å². The first kappa shape index (κ1) is 14.6. The molecule has 0 saturated heterocycles. The van der Waals surface area contributed by atoms with Crippen LogP contribution in [0.4, 0.5) is 0 Å². The number of sulfonamides is 1. The van der Waals surface area contributed by atoms with E-state index in [1.807, 2.05) is 6.92 Å². The van der Waals surface area contributed by atoms with Gasteiger partial charge in [0.2, 0.25) is 0 Å². The van der Waals surface area contributed by atoms with E-state index in [2.05, 4.69) is 4.40 Å². The first-order chi connectivity index (χ1) is 8.44. The van der Waals surface area contributed by atoms with E-state index in [1.165, 1.54) is 12.3 Å². The van der Waals surface area contributed by atoms with Crippen molar-refractivity contribution in [1.29, 1.82) is 0 Å². The Kier molecular flexibility index (Phi) is 4.77. The van der Waals surface area contributed by atoms with Gasteiger partial charge in [-0.1, -0.05) is 11.3 Å². The van der Waals surface area contributed by atoms with E-state index in [0.29, 0.717) is 12.0 Å². The molecule has 0 atom stereocenters. The van der Waals surface area contributed by atoms with Gasteiger partial charge in [0.05, 0.1) is 6.61 Å². The first-order valence-corrected chi connectivity index (χ1v) is 7.35. The lowest BCUT2D eigenvalue weighted by Gasteiger charge is -2.03. The number of rotatable bonds is 5. The molecule has 6 nitrogen and oxygen atoms in total. The van der Waals surface area contributed by atoms with Crippen molar-refractivity contribution in [1.82, 2.24) is 0 Å². The highest BCUT2D eigenvalue weighted by molar-refractivity contribution is 7.90. The van der Waals surface area contributed by atoms with Crippen LogP contribution in [0.25, 0.3) is 0 Å². The summed E-state index contributed by atoms with van der Waals surface area (Å²) in [5.74, 6) is -0.727. The normalized spacial score (nSPS) is 10.8. The largest absolute Gasteiger partial charge is 0.461 e.